The smallest absolute Gasteiger partial charge is 0.322 e. The zero-order valence-corrected chi connectivity index (χ0v) is 17.2. The van der Waals surface area contributed by atoms with Crippen molar-refractivity contribution in [3.8, 4) is 11.6 Å². The molecule has 1 atom stereocenters. The maximum Gasteiger partial charge on any atom is 0.322 e. The molecule has 30 heavy (non-hydrogen) atoms. The molecule has 0 radical (unpaired) electrons. The highest BCUT2D eigenvalue weighted by atomic mass is 35.5. The summed E-state index contributed by atoms with van der Waals surface area (Å²) in [6.45, 7) is 3.43. The average molecular weight is 425 g/mol. The van der Waals surface area contributed by atoms with E-state index in [1.807, 2.05) is 24.3 Å². The van der Waals surface area contributed by atoms with Crippen molar-refractivity contribution >= 4 is 29.4 Å². The minimum atomic E-state index is -0.144. The number of benzene rings is 1. The number of nitrogens with zero attached hydrogens (tertiary/aromatic N) is 3. The molecule has 2 amide bonds. The number of piperidine rings is 1. The van der Waals surface area contributed by atoms with Crippen LogP contribution in [0, 0.1) is 5.92 Å². The molecule has 7 nitrogen and oxygen atoms in total. The van der Waals surface area contributed by atoms with Crippen LogP contribution in [0.2, 0.25) is 5.02 Å². The normalized spacial score (nSPS) is 17.7. The SMILES string of the molecule is CC1CN(C(=O)Nc2cnoc2)CCC1=Cc1cccc(Oc2ccc(Cl)cn2)c1. The fourth-order valence-electron chi connectivity index (χ4n) is 3.34. The molecule has 2 aromatic heterocycles. The molecule has 1 unspecified atom stereocenters. The van der Waals surface area contributed by atoms with Crippen LogP contribution in [0.3, 0.4) is 0 Å². The van der Waals surface area contributed by atoms with Crippen LogP contribution in [0.15, 0.2) is 65.2 Å². The third-order valence-electron chi connectivity index (χ3n) is 4.90. The molecule has 1 saturated heterocycles. The second-order valence-corrected chi connectivity index (χ2v) is 7.59. The van der Waals surface area contributed by atoms with Gasteiger partial charge in [-0.05, 0) is 36.1 Å². The number of aromatic nitrogens is 2. The van der Waals surface area contributed by atoms with E-state index in [1.54, 1.807) is 23.2 Å². The molecule has 0 saturated carbocycles. The molecular formula is C22H21ClN4O3. The van der Waals surface area contributed by atoms with Gasteiger partial charge < -0.3 is 19.5 Å². The Morgan fingerprint density at radius 3 is 2.97 bits per heavy atom. The molecule has 1 aliphatic heterocycles. The fourth-order valence-corrected chi connectivity index (χ4v) is 3.45. The minimum absolute atomic E-state index is 0.144. The summed E-state index contributed by atoms with van der Waals surface area (Å²) in [5, 5.41) is 6.95. The third kappa shape index (κ3) is 4.99. The van der Waals surface area contributed by atoms with Crippen LogP contribution in [0.25, 0.3) is 6.08 Å². The van der Waals surface area contributed by atoms with Crippen LogP contribution in [0.5, 0.6) is 11.6 Å². The topological polar surface area (TPSA) is 80.5 Å². The number of amides is 2. The highest BCUT2D eigenvalue weighted by Crippen LogP contribution is 2.27. The molecule has 0 spiro atoms. The van der Waals surface area contributed by atoms with Crippen LogP contribution >= 0.6 is 11.6 Å². The maximum atomic E-state index is 12.4. The highest BCUT2D eigenvalue weighted by molar-refractivity contribution is 6.30. The van der Waals surface area contributed by atoms with E-state index in [2.05, 4.69) is 28.5 Å². The zero-order valence-electron chi connectivity index (χ0n) is 16.4. The summed E-state index contributed by atoms with van der Waals surface area (Å²) in [5.41, 5.74) is 2.90. The lowest BCUT2D eigenvalue weighted by molar-refractivity contribution is 0.198. The Hall–Kier alpha value is -3.32. The number of carbonyl (C=O) groups excluding carboxylic acids is 1. The van der Waals surface area contributed by atoms with Crippen molar-refractivity contribution in [2.45, 2.75) is 13.3 Å². The highest BCUT2D eigenvalue weighted by Gasteiger charge is 2.24. The number of halogens is 1. The van der Waals surface area contributed by atoms with E-state index < -0.39 is 0 Å². The minimum Gasteiger partial charge on any atom is -0.439 e. The van der Waals surface area contributed by atoms with Crippen LogP contribution in [-0.4, -0.2) is 34.2 Å². The molecule has 1 aromatic carbocycles. The van der Waals surface area contributed by atoms with E-state index in [4.69, 9.17) is 20.9 Å². The number of anilines is 1. The van der Waals surface area contributed by atoms with Gasteiger partial charge in [0.25, 0.3) is 0 Å². The number of carbonyl (C=O) groups is 1. The van der Waals surface area contributed by atoms with Gasteiger partial charge in [-0.15, -0.1) is 0 Å². The first-order chi connectivity index (χ1) is 14.6. The van der Waals surface area contributed by atoms with Gasteiger partial charge >= 0.3 is 6.03 Å². The lowest BCUT2D eigenvalue weighted by Crippen LogP contribution is -2.42. The van der Waals surface area contributed by atoms with E-state index in [-0.39, 0.29) is 11.9 Å². The van der Waals surface area contributed by atoms with E-state index in [9.17, 15) is 4.79 Å². The number of rotatable bonds is 4. The van der Waals surface area contributed by atoms with Crippen LogP contribution in [0.1, 0.15) is 18.9 Å². The number of pyridine rings is 1. The Labute approximate surface area is 179 Å². The number of likely N-dealkylation sites (tertiary alicyclic amines) is 1. The molecule has 3 heterocycles. The van der Waals surface area contributed by atoms with Gasteiger partial charge in [0.2, 0.25) is 5.88 Å². The van der Waals surface area contributed by atoms with Gasteiger partial charge in [-0.2, -0.15) is 0 Å². The summed E-state index contributed by atoms with van der Waals surface area (Å²) in [6, 6.07) is 11.2. The van der Waals surface area contributed by atoms with Crippen molar-refractivity contribution in [2.24, 2.45) is 5.92 Å². The van der Waals surface area contributed by atoms with Gasteiger partial charge in [-0.1, -0.05) is 47.5 Å². The molecule has 3 aromatic rings. The van der Waals surface area contributed by atoms with Gasteiger partial charge in [0.1, 0.15) is 17.7 Å². The maximum absolute atomic E-state index is 12.4. The van der Waals surface area contributed by atoms with E-state index in [0.717, 1.165) is 12.0 Å². The number of nitrogens with one attached hydrogen (secondary N) is 1. The standard InChI is InChI=1S/C22H21ClN4O3/c1-15-13-27(22(28)26-19-12-25-29-14-19)8-7-17(15)9-16-3-2-4-20(10-16)30-21-6-5-18(23)11-24-21/h2-6,9-12,14-15H,7-8,13H2,1H3,(H,26,28). The van der Waals surface area contributed by atoms with Crippen LogP contribution in [-0.2, 0) is 0 Å². The molecule has 4 rings (SSSR count). The monoisotopic (exact) mass is 424 g/mol. The van der Waals surface area contributed by atoms with Crippen molar-refractivity contribution < 1.29 is 14.1 Å². The Balaban J connectivity index is 1.40. The summed E-state index contributed by atoms with van der Waals surface area (Å²) in [7, 11) is 0. The van der Waals surface area contributed by atoms with Crippen LogP contribution in [0.4, 0.5) is 10.5 Å². The molecule has 154 valence electrons. The number of hydrogen-bond acceptors (Lipinski definition) is 5. The molecule has 1 aliphatic rings. The predicted octanol–water partition coefficient (Wildman–Crippen LogP) is 5.47. The summed E-state index contributed by atoms with van der Waals surface area (Å²) in [4.78, 5) is 18.4. The first-order valence-electron chi connectivity index (χ1n) is 9.62. The van der Waals surface area contributed by atoms with Gasteiger partial charge in [0.05, 0.1) is 11.2 Å². The van der Waals surface area contributed by atoms with E-state index in [0.29, 0.717) is 35.4 Å². The lowest BCUT2D eigenvalue weighted by Gasteiger charge is -2.33. The molecule has 0 bridgehead atoms. The summed E-state index contributed by atoms with van der Waals surface area (Å²) in [6.07, 6.45) is 7.41. The van der Waals surface area contributed by atoms with Crippen LogP contribution < -0.4 is 10.1 Å². The number of urea groups is 1. The van der Waals surface area contributed by atoms with Gasteiger partial charge in [-0.3, -0.25) is 0 Å². The van der Waals surface area contributed by atoms with E-state index in [1.165, 1.54) is 18.0 Å². The van der Waals surface area contributed by atoms with Crippen molar-refractivity contribution in [3.05, 3.63) is 71.2 Å². The first kappa shape index (κ1) is 20.0. The summed E-state index contributed by atoms with van der Waals surface area (Å²) >= 11 is 5.87. The third-order valence-corrected chi connectivity index (χ3v) is 5.12. The first-order valence-corrected chi connectivity index (χ1v) is 10.00. The fraction of sp³-hybridized carbons (Fsp3) is 0.227. The second kappa shape index (κ2) is 9.00. The van der Waals surface area contributed by atoms with E-state index >= 15 is 0 Å². The predicted molar refractivity (Wildman–Crippen MR) is 115 cm³/mol. The largest absolute Gasteiger partial charge is 0.439 e. The van der Waals surface area contributed by atoms with Crippen molar-refractivity contribution in [1.82, 2.24) is 15.0 Å². The van der Waals surface area contributed by atoms with Gasteiger partial charge in [0, 0.05) is 25.4 Å². The summed E-state index contributed by atoms with van der Waals surface area (Å²) in [5.74, 6) is 1.44. The Kier molecular flexibility index (Phi) is 5.99. The Bertz CT molecular complexity index is 1030. The average Bonchev–Trinajstić information content (AvgIpc) is 3.24. The molecule has 1 fully saturated rings. The number of ether oxygens (including phenoxy) is 1. The second-order valence-electron chi connectivity index (χ2n) is 7.15. The van der Waals surface area contributed by atoms with Crippen molar-refractivity contribution in [1.29, 1.82) is 0 Å². The molecule has 8 heteroatoms. The van der Waals surface area contributed by atoms with Gasteiger partial charge in [-0.25, -0.2) is 9.78 Å². The molecular weight excluding hydrogens is 404 g/mol. The quantitative estimate of drug-likeness (QED) is 0.600. The molecule has 0 aliphatic carbocycles. The van der Waals surface area contributed by atoms with Crippen molar-refractivity contribution in [2.75, 3.05) is 18.4 Å². The summed E-state index contributed by atoms with van der Waals surface area (Å²) < 4.78 is 10.6. The van der Waals surface area contributed by atoms with Crippen molar-refractivity contribution in [3.63, 3.8) is 0 Å². The zero-order chi connectivity index (χ0) is 20.9. The van der Waals surface area contributed by atoms with Gasteiger partial charge in [0.15, 0.2) is 0 Å². The Morgan fingerprint density at radius 1 is 1.33 bits per heavy atom. The Morgan fingerprint density at radius 2 is 2.23 bits per heavy atom. The molecule has 1 N–H and O–H groups in total. The lowest BCUT2D eigenvalue weighted by atomic mass is 9.91. The number of hydrogen-bond donors (Lipinski definition) is 1.